The van der Waals surface area contributed by atoms with Crippen molar-refractivity contribution in [3.8, 4) is 44.9 Å². The lowest BCUT2D eigenvalue weighted by atomic mass is 9.81. The molecule has 0 spiro atoms. The lowest BCUT2D eigenvalue weighted by Gasteiger charge is -2.35. The van der Waals surface area contributed by atoms with Crippen molar-refractivity contribution in [1.82, 2.24) is 0 Å². The van der Waals surface area contributed by atoms with Gasteiger partial charge in [-0.25, -0.2) is 0 Å². The van der Waals surface area contributed by atoms with Gasteiger partial charge in [0.05, 0.1) is 17.1 Å². The van der Waals surface area contributed by atoms with Crippen LogP contribution in [0.1, 0.15) is 25.0 Å². The first-order valence-corrected chi connectivity index (χ1v) is 20.0. The Morgan fingerprint density at radius 1 is 0.397 bits per heavy atom. The van der Waals surface area contributed by atoms with Gasteiger partial charge in [-0.15, -0.1) is 0 Å². The number of ether oxygens (including phenoxy) is 1. The van der Waals surface area contributed by atoms with Crippen LogP contribution in [-0.4, -0.2) is 0 Å². The molecule has 0 saturated heterocycles. The molecule has 0 fully saturated rings. The zero-order chi connectivity index (χ0) is 38.8. The average molecular weight is 745 g/mol. The minimum absolute atomic E-state index is 0.231. The summed E-state index contributed by atoms with van der Waals surface area (Å²) in [4.78, 5) is 4.77. The lowest BCUT2D eigenvalue weighted by molar-refractivity contribution is 0.488. The molecule has 0 aromatic heterocycles. The maximum absolute atomic E-state index is 7.33. The summed E-state index contributed by atoms with van der Waals surface area (Å²) in [5, 5.41) is 2.23. The third-order valence-corrected chi connectivity index (χ3v) is 12.0. The van der Waals surface area contributed by atoms with Crippen molar-refractivity contribution in [2.75, 3.05) is 9.80 Å². The average Bonchev–Trinajstić information content (AvgIpc) is 3.52. The van der Waals surface area contributed by atoms with E-state index in [1.54, 1.807) is 0 Å². The molecule has 2 aliphatic rings. The van der Waals surface area contributed by atoms with Gasteiger partial charge >= 0.3 is 0 Å². The maximum atomic E-state index is 7.33. The van der Waals surface area contributed by atoms with E-state index in [1.807, 2.05) is 0 Å². The number of nitrogens with zero attached hydrogens (tertiary/aromatic N) is 2. The minimum atomic E-state index is -0.231. The Morgan fingerprint density at radius 3 is 1.71 bits per heavy atom. The van der Waals surface area contributed by atoms with Crippen molar-refractivity contribution < 1.29 is 4.74 Å². The number of hydrogen-bond donors (Lipinski definition) is 0. The molecule has 1 heterocycles. The molecule has 9 aromatic rings. The summed E-state index contributed by atoms with van der Waals surface area (Å²) < 4.78 is 7.33. The number of anilines is 6. The molecular formula is C55H40N2O. The van der Waals surface area contributed by atoms with Gasteiger partial charge in [0.2, 0.25) is 0 Å². The van der Waals surface area contributed by atoms with E-state index in [-0.39, 0.29) is 5.41 Å². The molecule has 3 nitrogen and oxygen atoms in total. The van der Waals surface area contributed by atoms with Crippen molar-refractivity contribution in [1.29, 1.82) is 0 Å². The van der Waals surface area contributed by atoms with Gasteiger partial charge in [-0.2, -0.15) is 0 Å². The van der Waals surface area contributed by atoms with E-state index in [2.05, 4.69) is 230 Å². The van der Waals surface area contributed by atoms with E-state index >= 15 is 0 Å². The SMILES string of the molecule is CC1(C)c2ccccc2-c2cccc(N(c3ccc(-c4ccccc4)cc3)c3ccc4cccc5c4c3Oc3cccc(N(c4ccccc4)c4ccccc4)c3-5)c21. The van der Waals surface area contributed by atoms with E-state index in [9.17, 15) is 0 Å². The normalized spacial score (nSPS) is 12.9. The van der Waals surface area contributed by atoms with Gasteiger partial charge in [0.15, 0.2) is 5.75 Å². The van der Waals surface area contributed by atoms with E-state index < -0.39 is 0 Å². The molecule has 3 heteroatoms. The second-order valence-corrected chi connectivity index (χ2v) is 15.7. The van der Waals surface area contributed by atoms with Crippen LogP contribution < -0.4 is 14.5 Å². The summed E-state index contributed by atoms with van der Waals surface area (Å²) in [6, 6.07) is 74.0. The number of benzene rings is 9. The Labute approximate surface area is 339 Å². The van der Waals surface area contributed by atoms with E-state index in [0.29, 0.717) is 0 Å². The van der Waals surface area contributed by atoms with Gasteiger partial charge in [-0.3, -0.25) is 0 Å². The first-order chi connectivity index (χ1) is 28.6. The summed E-state index contributed by atoms with van der Waals surface area (Å²) >= 11 is 0. The second kappa shape index (κ2) is 13.4. The first kappa shape index (κ1) is 33.9. The summed E-state index contributed by atoms with van der Waals surface area (Å²) in [5.41, 5.74) is 16.0. The molecule has 0 bridgehead atoms. The Morgan fingerprint density at radius 2 is 0.966 bits per heavy atom. The second-order valence-electron chi connectivity index (χ2n) is 15.7. The van der Waals surface area contributed by atoms with Crippen LogP contribution >= 0.6 is 0 Å². The number of rotatable bonds is 7. The summed E-state index contributed by atoms with van der Waals surface area (Å²) in [7, 11) is 0. The Balaban J connectivity index is 1.15. The fourth-order valence-corrected chi connectivity index (χ4v) is 9.42. The highest BCUT2D eigenvalue weighted by molar-refractivity contribution is 6.11. The first-order valence-electron chi connectivity index (χ1n) is 20.0. The number of para-hydroxylation sites is 2. The van der Waals surface area contributed by atoms with Crippen LogP contribution in [0.15, 0.2) is 206 Å². The van der Waals surface area contributed by atoms with Gasteiger partial charge < -0.3 is 14.5 Å². The highest BCUT2D eigenvalue weighted by atomic mass is 16.5. The Kier molecular flexibility index (Phi) is 7.84. The monoisotopic (exact) mass is 744 g/mol. The van der Waals surface area contributed by atoms with Gasteiger partial charge in [0.25, 0.3) is 0 Å². The van der Waals surface area contributed by atoms with Crippen molar-refractivity contribution >= 4 is 44.9 Å². The van der Waals surface area contributed by atoms with Crippen molar-refractivity contribution in [3.63, 3.8) is 0 Å². The van der Waals surface area contributed by atoms with Crippen molar-refractivity contribution in [2.45, 2.75) is 19.3 Å². The molecular weight excluding hydrogens is 705 g/mol. The van der Waals surface area contributed by atoms with Crippen molar-refractivity contribution in [3.05, 3.63) is 217 Å². The highest BCUT2D eigenvalue weighted by Crippen LogP contribution is 2.59. The molecule has 0 N–H and O–H groups in total. The summed E-state index contributed by atoms with van der Waals surface area (Å²) in [6.45, 7) is 4.72. The smallest absolute Gasteiger partial charge is 0.159 e. The number of fused-ring (bicyclic) bond motifs is 5. The Hall–Kier alpha value is -7.36. The predicted molar refractivity (Wildman–Crippen MR) is 242 cm³/mol. The third-order valence-electron chi connectivity index (χ3n) is 12.0. The highest BCUT2D eigenvalue weighted by Gasteiger charge is 2.39. The van der Waals surface area contributed by atoms with Crippen LogP contribution in [0.2, 0.25) is 0 Å². The Bertz CT molecular complexity index is 2950. The molecule has 0 radical (unpaired) electrons. The molecule has 9 aromatic carbocycles. The molecule has 1 aliphatic carbocycles. The predicted octanol–water partition coefficient (Wildman–Crippen LogP) is 15.5. The quantitative estimate of drug-likeness (QED) is 0.162. The zero-order valence-electron chi connectivity index (χ0n) is 32.4. The minimum Gasteiger partial charge on any atom is -0.454 e. The molecule has 0 unspecified atom stereocenters. The fourth-order valence-electron chi connectivity index (χ4n) is 9.42. The van der Waals surface area contributed by atoms with Crippen LogP contribution in [0.5, 0.6) is 11.5 Å². The standard InChI is InChI=1S/C55H40N2O/c1-55(2)46-27-13-12-24-43(46)44-25-15-29-48(53(44)55)57(42-34-31-38(32-35-42)37-17-6-3-7-18-37)49-36-33-39-19-14-26-45-51(39)54(49)58-50-30-16-28-47(52(45)50)56(40-20-8-4-9-21-40)41-22-10-5-11-23-41/h3-36H,1-2H3. The molecule has 58 heavy (non-hydrogen) atoms. The van der Waals surface area contributed by atoms with E-state index in [4.69, 9.17) is 4.74 Å². The number of hydrogen-bond acceptors (Lipinski definition) is 3. The largest absolute Gasteiger partial charge is 0.454 e. The van der Waals surface area contributed by atoms with Crippen LogP contribution in [0.3, 0.4) is 0 Å². The van der Waals surface area contributed by atoms with Crippen molar-refractivity contribution in [2.24, 2.45) is 0 Å². The van der Waals surface area contributed by atoms with E-state index in [1.165, 1.54) is 33.4 Å². The third kappa shape index (κ3) is 5.28. The summed E-state index contributed by atoms with van der Waals surface area (Å²) in [5.74, 6) is 1.67. The van der Waals surface area contributed by atoms with Crippen LogP contribution in [0.4, 0.5) is 34.1 Å². The van der Waals surface area contributed by atoms with Gasteiger partial charge in [0.1, 0.15) is 5.75 Å². The molecule has 0 atom stereocenters. The zero-order valence-corrected chi connectivity index (χ0v) is 32.4. The van der Waals surface area contributed by atoms with Gasteiger partial charge in [-0.1, -0.05) is 159 Å². The lowest BCUT2D eigenvalue weighted by Crippen LogP contribution is -2.21. The van der Waals surface area contributed by atoms with Crippen LogP contribution in [-0.2, 0) is 5.41 Å². The molecule has 0 amide bonds. The fraction of sp³-hybridized carbons (Fsp3) is 0.0545. The van der Waals surface area contributed by atoms with Gasteiger partial charge in [-0.05, 0) is 105 Å². The van der Waals surface area contributed by atoms with Crippen LogP contribution in [0, 0.1) is 0 Å². The van der Waals surface area contributed by atoms with E-state index in [0.717, 1.165) is 67.5 Å². The molecule has 1 aliphatic heterocycles. The molecule has 276 valence electrons. The summed E-state index contributed by atoms with van der Waals surface area (Å²) in [6.07, 6.45) is 0. The topological polar surface area (TPSA) is 15.7 Å². The molecule has 0 saturated carbocycles. The van der Waals surface area contributed by atoms with Gasteiger partial charge in [0, 0.05) is 33.4 Å². The van der Waals surface area contributed by atoms with Crippen LogP contribution in [0.25, 0.3) is 44.2 Å². The maximum Gasteiger partial charge on any atom is 0.159 e. The molecule has 11 rings (SSSR count).